The first kappa shape index (κ1) is 34.1. The molecule has 2 aromatic carbocycles. The minimum Gasteiger partial charge on any atom is -0.479 e. The minimum absolute atomic E-state index is 0.0860. The van der Waals surface area contributed by atoms with Gasteiger partial charge in [-0.05, 0) is 87.4 Å². The Morgan fingerprint density at radius 3 is 2.57 bits per heavy atom. The summed E-state index contributed by atoms with van der Waals surface area (Å²) in [7, 11) is 1.32. The number of esters is 1. The average molecular weight is 669 g/mol. The van der Waals surface area contributed by atoms with Crippen molar-refractivity contribution >= 4 is 52.1 Å². The molecule has 252 valence electrons. The number of amides is 3. The fourth-order valence-corrected chi connectivity index (χ4v) is 6.27. The van der Waals surface area contributed by atoms with E-state index in [1.807, 2.05) is 6.07 Å². The van der Waals surface area contributed by atoms with Gasteiger partial charge in [-0.1, -0.05) is 17.7 Å². The molecule has 1 fully saturated rings. The van der Waals surface area contributed by atoms with Gasteiger partial charge in [0.1, 0.15) is 17.0 Å². The molecule has 1 saturated heterocycles. The lowest BCUT2D eigenvalue weighted by atomic mass is 9.81. The maximum atomic E-state index is 13.6. The zero-order chi connectivity index (χ0) is 33.9. The van der Waals surface area contributed by atoms with Crippen LogP contribution in [0.1, 0.15) is 73.6 Å². The molecule has 47 heavy (non-hydrogen) atoms. The van der Waals surface area contributed by atoms with Crippen molar-refractivity contribution in [3.8, 4) is 5.75 Å². The summed E-state index contributed by atoms with van der Waals surface area (Å²) in [6, 6.07) is 8.77. The Balaban J connectivity index is 1.37. The zero-order valence-corrected chi connectivity index (χ0v) is 28.0. The van der Waals surface area contributed by atoms with Gasteiger partial charge in [0, 0.05) is 42.0 Å². The molecule has 2 heterocycles. The first-order valence-electron chi connectivity index (χ1n) is 15.7. The smallest absolute Gasteiger partial charge is 0.407 e. The van der Waals surface area contributed by atoms with Gasteiger partial charge in [0.15, 0.2) is 6.10 Å². The average Bonchev–Trinajstić information content (AvgIpc) is 3.41. The number of H-pyrrole nitrogens is 1. The van der Waals surface area contributed by atoms with Gasteiger partial charge in [0.05, 0.1) is 26.0 Å². The standard InChI is InChI=1S/C34H41ClN4O8/c1-19(31(41)39-10-12-45-13-11-39)46-26-14-20(18-36-33(43)47-34(2,3)4)6-9-24(26)37-27(40)16-22-8-7-21-15-23(35)17-25-28(21)29(22)30(38-25)32(42)44-5/h6,9,14-15,17,19,22,38H,7-8,10-13,16,18H2,1-5H3,(H,36,43)(H,37,40)/t19-,22+/m1/s1. The quantitative estimate of drug-likeness (QED) is 0.260. The van der Waals surface area contributed by atoms with Crippen molar-refractivity contribution in [1.29, 1.82) is 0 Å². The molecule has 3 amide bonds. The Labute approximate surface area is 278 Å². The Hall–Kier alpha value is -4.29. The number of carbonyl (C=O) groups excluding carboxylic acids is 4. The molecule has 5 rings (SSSR count). The van der Waals surface area contributed by atoms with E-state index >= 15 is 0 Å². The molecular formula is C34H41ClN4O8. The predicted octanol–water partition coefficient (Wildman–Crippen LogP) is 5.32. The summed E-state index contributed by atoms with van der Waals surface area (Å²) in [5, 5.41) is 7.13. The normalized spacial score (nSPS) is 16.7. The van der Waals surface area contributed by atoms with Crippen LogP contribution in [0.4, 0.5) is 10.5 Å². The second-order valence-electron chi connectivity index (χ2n) is 12.8. The Morgan fingerprint density at radius 1 is 1.13 bits per heavy atom. The van der Waals surface area contributed by atoms with Crippen molar-refractivity contribution in [2.75, 3.05) is 38.7 Å². The number of nitrogens with one attached hydrogen (secondary N) is 3. The van der Waals surface area contributed by atoms with Gasteiger partial charge in [-0.2, -0.15) is 0 Å². The SMILES string of the molecule is COC(=O)c1[nH]c2cc(Cl)cc3c2c1[C@H](CC(=O)Nc1ccc(CNC(=O)OC(C)(C)C)cc1O[C@H](C)C(=O)N1CCOCC1)CC3. The summed E-state index contributed by atoms with van der Waals surface area (Å²) < 4.78 is 21.9. The van der Waals surface area contributed by atoms with E-state index in [2.05, 4.69) is 15.6 Å². The van der Waals surface area contributed by atoms with Crippen molar-refractivity contribution in [2.24, 2.45) is 0 Å². The van der Waals surface area contributed by atoms with Crippen molar-refractivity contribution in [3.63, 3.8) is 0 Å². The van der Waals surface area contributed by atoms with Gasteiger partial charge in [0.25, 0.3) is 5.91 Å². The molecule has 0 bridgehead atoms. The summed E-state index contributed by atoms with van der Waals surface area (Å²) in [5.41, 5.74) is 3.17. The lowest BCUT2D eigenvalue weighted by molar-refractivity contribution is -0.142. The number of aromatic amines is 1. The van der Waals surface area contributed by atoms with Crippen LogP contribution in [-0.2, 0) is 36.8 Å². The molecule has 3 aromatic rings. The molecular weight excluding hydrogens is 628 g/mol. The molecule has 1 aromatic heterocycles. The number of methoxy groups -OCH3 is 1. The highest BCUT2D eigenvalue weighted by molar-refractivity contribution is 6.31. The second-order valence-corrected chi connectivity index (χ2v) is 13.2. The fourth-order valence-electron chi connectivity index (χ4n) is 6.03. The number of halogens is 1. The molecule has 0 saturated carbocycles. The third-order valence-corrected chi connectivity index (χ3v) is 8.32. The number of ether oxygens (including phenoxy) is 4. The number of alkyl carbamates (subject to hydrolysis) is 1. The highest BCUT2D eigenvalue weighted by Gasteiger charge is 2.32. The Bertz CT molecular complexity index is 1670. The molecule has 2 aliphatic rings. The number of hydrogen-bond donors (Lipinski definition) is 3. The highest BCUT2D eigenvalue weighted by Crippen LogP contribution is 2.42. The number of benzene rings is 2. The highest BCUT2D eigenvalue weighted by atomic mass is 35.5. The molecule has 1 aliphatic carbocycles. The number of carbonyl (C=O) groups is 4. The van der Waals surface area contributed by atoms with Crippen LogP contribution in [0.15, 0.2) is 30.3 Å². The Kier molecular flexibility index (Phi) is 10.3. The second kappa shape index (κ2) is 14.2. The van der Waals surface area contributed by atoms with Crippen LogP contribution in [0.3, 0.4) is 0 Å². The van der Waals surface area contributed by atoms with Crippen LogP contribution < -0.4 is 15.4 Å². The van der Waals surface area contributed by atoms with Crippen LogP contribution in [0.5, 0.6) is 5.75 Å². The third-order valence-electron chi connectivity index (χ3n) is 8.10. The van der Waals surface area contributed by atoms with Crippen molar-refractivity contribution in [1.82, 2.24) is 15.2 Å². The summed E-state index contributed by atoms with van der Waals surface area (Å²) in [6.45, 7) is 8.96. The number of anilines is 1. The van der Waals surface area contributed by atoms with Crippen molar-refractivity contribution in [3.05, 3.63) is 57.7 Å². The van der Waals surface area contributed by atoms with Crippen molar-refractivity contribution < 1.29 is 38.1 Å². The lowest BCUT2D eigenvalue weighted by Gasteiger charge is -2.29. The van der Waals surface area contributed by atoms with Crippen LogP contribution in [0.2, 0.25) is 5.02 Å². The van der Waals surface area contributed by atoms with E-state index in [0.29, 0.717) is 61.1 Å². The molecule has 12 nitrogen and oxygen atoms in total. The number of morpholine rings is 1. The third kappa shape index (κ3) is 8.17. The number of hydrogen-bond acceptors (Lipinski definition) is 8. The maximum Gasteiger partial charge on any atom is 0.407 e. The molecule has 2 atom stereocenters. The Morgan fingerprint density at radius 2 is 1.87 bits per heavy atom. The lowest BCUT2D eigenvalue weighted by Crippen LogP contribution is -2.46. The van der Waals surface area contributed by atoms with Crippen LogP contribution in [-0.4, -0.2) is 78.9 Å². The fraction of sp³-hybridized carbons (Fsp3) is 0.471. The van der Waals surface area contributed by atoms with E-state index < -0.39 is 23.8 Å². The van der Waals surface area contributed by atoms with E-state index in [-0.39, 0.29) is 36.4 Å². The van der Waals surface area contributed by atoms with Crippen LogP contribution >= 0.6 is 11.6 Å². The van der Waals surface area contributed by atoms with Gasteiger partial charge in [-0.3, -0.25) is 9.59 Å². The summed E-state index contributed by atoms with van der Waals surface area (Å²) in [6.07, 6.45) is -0.0237. The van der Waals surface area contributed by atoms with E-state index in [0.717, 1.165) is 22.0 Å². The number of nitrogens with zero attached hydrogens (tertiary/aromatic N) is 1. The van der Waals surface area contributed by atoms with Crippen molar-refractivity contribution in [2.45, 2.75) is 71.1 Å². The molecule has 3 N–H and O–H groups in total. The van der Waals surface area contributed by atoms with Crippen LogP contribution in [0, 0.1) is 0 Å². The summed E-state index contributed by atoms with van der Waals surface area (Å²) in [5.74, 6) is -1.01. The van der Waals surface area contributed by atoms with E-state index in [1.165, 1.54) is 7.11 Å². The monoisotopic (exact) mass is 668 g/mol. The largest absolute Gasteiger partial charge is 0.479 e. The first-order valence-corrected chi connectivity index (χ1v) is 16.1. The van der Waals surface area contributed by atoms with Crippen LogP contribution in [0.25, 0.3) is 10.9 Å². The van der Waals surface area contributed by atoms with E-state index in [1.54, 1.807) is 56.9 Å². The molecule has 1 aliphatic heterocycles. The molecule has 0 radical (unpaired) electrons. The predicted molar refractivity (Wildman–Crippen MR) is 176 cm³/mol. The molecule has 0 unspecified atom stereocenters. The molecule has 0 spiro atoms. The number of aromatic nitrogens is 1. The number of aryl methyl sites for hydroxylation is 1. The van der Waals surface area contributed by atoms with Gasteiger partial charge in [-0.15, -0.1) is 0 Å². The van der Waals surface area contributed by atoms with E-state index in [4.69, 9.17) is 30.5 Å². The zero-order valence-electron chi connectivity index (χ0n) is 27.3. The van der Waals surface area contributed by atoms with E-state index in [9.17, 15) is 19.2 Å². The topological polar surface area (TPSA) is 148 Å². The minimum atomic E-state index is -0.852. The molecule has 13 heteroatoms. The first-order chi connectivity index (χ1) is 22.3. The number of rotatable bonds is 9. The summed E-state index contributed by atoms with van der Waals surface area (Å²) >= 11 is 6.33. The summed E-state index contributed by atoms with van der Waals surface area (Å²) in [4.78, 5) is 56.6. The van der Waals surface area contributed by atoms with Gasteiger partial charge < -0.3 is 39.5 Å². The maximum absolute atomic E-state index is 13.6. The van der Waals surface area contributed by atoms with Gasteiger partial charge in [0.2, 0.25) is 5.91 Å². The van der Waals surface area contributed by atoms with Gasteiger partial charge >= 0.3 is 12.1 Å². The van der Waals surface area contributed by atoms with Gasteiger partial charge in [-0.25, -0.2) is 9.59 Å².